The molecule has 0 heterocycles. The van der Waals surface area contributed by atoms with Gasteiger partial charge in [0.1, 0.15) is 5.82 Å². The van der Waals surface area contributed by atoms with Crippen LogP contribution >= 0.6 is 0 Å². The topological polar surface area (TPSA) is 32.3 Å². The first-order chi connectivity index (χ1) is 9.19. The Balaban J connectivity index is 2.59. The normalized spacial score (nSPS) is 10.2. The van der Waals surface area contributed by atoms with E-state index in [2.05, 4.69) is 18.5 Å². The predicted octanol–water partition coefficient (Wildman–Crippen LogP) is 3.18. The Bertz CT molecular complexity index is 473. The van der Waals surface area contributed by atoms with Crippen molar-refractivity contribution in [2.45, 2.75) is 0 Å². The minimum atomic E-state index is -0.331. The van der Waals surface area contributed by atoms with Crippen molar-refractivity contribution in [2.24, 2.45) is 0 Å². The van der Waals surface area contributed by atoms with Crippen LogP contribution in [0, 0.1) is 5.82 Å². The zero-order valence-corrected chi connectivity index (χ0v) is 10.7. The fourth-order valence-electron chi connectivity index (χ4n) is 1.46. The Labute approximate surface area is 112 Å². The van der Waals surface area contributed by atoms with Crippen LogP contribution in [0.5, 0.6) is 0 Å². The molecule has 1 aromatic carbocycles. The number of halogens is 1. The Morgan fingerprint density at radius 2 is 1.89 bits per heavy atom. The van der Waals surface area contributed by atoms with E-state index in [1.165, 1.54) is 23.2 Å². The van der Waals surface area contributed by atoms with Gasteiger partial charge >= 0.3 is 6.03 Å². The number of amides is 2. The molecule has 0 radical (unpaired) electrons. The van der Waals surface area contributed by atoms with Gasteiger partial charge in [-0.3, -0.25) is 0 Å². The van der Waals surface area contributed by atoms with E-state index in [4.69, 9.17) is 0 Å². The number of rotatable bonds is 6. The van der Waals surface area contributed by atoms with E-state index in [-0.39, 0.29) is 11.8 Å². The zero-order valence-electron chi connectivity index (χ0n) is 10.7. The standard InChI is InChI=1S/C15H17FN2O/c1-3-11-18(12-4-2)15(19)17-10-9-13-7-5-6-8-14(13)16/h3-10H,1-2,11-12H2,(H,17,19)/b10-9+. The fourth-order valence-corrected chi connectivity index (χ4v) is 1.46. The molecule has 0 bridgehead atoms. The van der Waals surface area contributed by atoms with Crippen molar-refractivity contribution < 1.29 is 9.18 Å². The molecular formula is C15H17FN2O. The van der Waals surface area contributed by atoms with E-state index in [0.29, 0.717) is 18.7 Å². The highest BCUT2D eigenvalue weighted by Crippen LogP contribution is 2.07. The summed E-state index contributed by atoms with van der Waals surface area (Å²) in [6, 6.07) is 6.05. The number of hydrogen-bond acceptors (Lipinski definition) is 1. The van der Waals surface area contributed by atoms with Crippen LogP contribution < -0.4 is 5.32 Å². The number of carbonyl (C=O) groups is 1. The molecule has 0 saturated heterocycles. The van der Waals surface area contributed by atoms with Crippen LogP contribution in [0.25, 0.3) is 6.08 Å². The average molecular weight is 260 g/mol. The maximum Gasteiger partial charge on any atom is 0.321 e. The molecule has 1 aromatic rings. The fraction of sp³-hybridized carbons (Fsp3) is 0.133. The summed E-state index contributed by atoms with van der Waals surface area (Å²) < 4.78 is 13.3. The smallest absolute Gasteiger partial charge is 0.317 e. The van der Waals surface area contributed by atoms with Crippen LogP contribution in [0.2, 0.25) is 0 Å². The third-order valence-electron chi connectivity index (χ3n) is 2.36. The summed E-state index contributed by atoms with van der Waals surface area (Å²) in [5.74, 6) is -0.331. The number of nitrogens with zero attached hydrogens (tertiary/aromatic N) is 1. The highest BCUT2D eigenvalue weighted by atomic mass is 19.1. The summed E-state index contributed by atoms with van der Waals surface area (Å²) >= 11 is 0. The SMILES string of the molecule is C=CCN(CC=C)C(=O)N/C=C/c1ccccc1F. The number of benzene rings is 1. The van der Waals surface area contributed by atoms with Crippen molar-refractivity contribution in [2.75, 3.05) is 13.1 Å². The van der Waals surface area contributed by atoms with Crippen LogP contribution in [0.3, 0.4) is 0 Å². The van der Waals surface area contributed by atoms with E-state index in [9.17, 15) is 9.18 Å². The summed E-state index contributed by atoms with van der Waals surface area (Å²) in [6.45, 7) is 8.01. The number of nitrogens with one attached hydrogen (secondary N) is 1. The molecule has 2 amide bonds. The second-order valence-electron chi connectivity index (χ2n) is 3.79. The van der Waals surface area contributed by atoms with Gasteiger partial charge in [-0.05, 0) is 12.1 Å². The summed E-state index contributed by atoms with van der Waals surface area (Å²) in [5.41, 5.74) is 0.418. The van der Waals surface area contributed by atoms with Gasteiger partial charge in [0, 0.05) is 24.9 Å². The third kappa shape index (κ3) is 4.79. The second-order valence-corrected chi connectivity index (χ2v) is 3.79. The van der Waals surface area contributed by atoms with E-state index >= 15 is 0 Å². The molecule has 0 spiro atoms. The minimum Gasteiger partial charge on any atom is -0.317 e. The molecule has 0 aliphatic rings. The molecule has 0 atom stereocenters. The molecule has 3 nitrogen and oxygen atoms in total. The van der Waals surface area contributed by atoms with Gasteiger partial charge in [-0.1, -0.05) is 30.4 Å². The Kier molecular flexibility index (Phi) is 6.09. The summed E-state index contributed by atoms with van der Waals surface area (Å²) in [7, 11) is 0. The first-order valence-corrected chi connectivity index (χ1v) is 5.87. The van der Waals surface area contributed by atoms with Crippen LogP contribution in [-0.2, 0) is 0 Å². The minimum absolute atomic E-state index is 0.285. The maximum atomic E-state index is 13.3. The Morgan fingerprint density at radius 3 is 2.47 bits per heavy atom. The monoisotopic (exact) mass is 260 g/mol. The van der Waals surface area contributed by atoms with Gasteiger partial charge in [-0.2, -0.15) is 0 Å². The maximum absolute atomic E-state index is 13.3. The third-order valence-corrected chi connectivity index (χ3v) is 2.36. The highest BCUT2D eigenvalue weighted by molar-refractivity contribution is 5.76. The molecule has 0 fully saturated rings. The summed E-state index contributed by atoms with van der Waals surface area (Å²) in [4.78, 5) is 13.3. The first-order valence-electron chi connectivity index (χ1n) is 5.87. The molecule has 4 heteroatoms. The number of carbonyl (C=O) groups excluding carboxylic acids is 1. The van der Waals surface area contributed by atoms with Gasteiger partial charge in [0.2, 0.25) is 0 Å². The lowest BCUT2D eigenvalue weighted by Gasteiger charge is -2.18. The quantitative estimate of drug-likeness (QED) is 0.783. The van der Waals surface area contributed by atoms with Crippen molar-refractivity contribution in [3.8, 4) is 0 Å². The van der Waals surface area contributed by atoms with E-state index in [0.717, 1.165) is 0 Å². The summed E-state index contributed by atoms with van der Waals surface area (Å²) in [6.07, 6.45) is 6.18. The first kappa shape index (κ1) is 14.7. The highest BCUT2D eigenvalue weighted by Gasteiger charge is 2.07. The van der Waals surface area contributed by atoms with Gasteiger partial charge in [0.15, 0.2) is 0 Å². The molecule has 1 rings (SSSR count). The van der Waals surface area contributed by atoms with Gasteiger partial charge in [0.25, 0.3) is 0 Å². The van der Waals surface area contributed by atoms with E-state index < -0.39 is 0 Å². The van der Waals surface area contributed by atoms with Crippen molar-refractivity contribution in [1.29, 1.82) is 0 Å². The van der Waals surface area contributed by atoms with Gasteiger partial charge in [0.05, 0.1) is 0 Å². The number of urea groups is 1. The van der Waals surface area contributed by atoms with Crippen molar-refractivity contribution in [3.63, 3.8) is 0 Å². The van der Waals surface area contributed by atoms with Gasteiger partial charge in [-0.25, -0.2) is 9.18 Å². The Hall–Kier alpha value is -2.36. The summed E-state index contributed by atoms with van der Waals surface area (Å²) in [5, 5.41) is 2.57. The van der Waals surface area contributed by atoms with Crippen LogP contribution in [-0.4, -0.2) is 24.0 Å². The molecule has 0 aromatic heterocycles. The van der Waals surface area contributed by atoms with Gasteiger partial charge < -0.3 is 10.2 Å². The largest absolute Gasteiger partial charge is 0.321 e. The van der Waals surface area contributed by atoms with Crippen LogP contribution in [0.4, 0.5) is 9.18 Å². The second kappa shape index (κ2) is 7.87. The van der Waals surface area contributed by atoms with E-state index in [1.54, 1.807) is 30.4 Å². The molecular weight excluding hydrogens is 243 g/mol. The number of hydrogen-bond donors (Lipinski definition) is 1. The molecule has 0 aliphatic heterocycles. The van der Waals surface area contributed by atoms with Crippen LogP contribution in [0.15, 0.2) is 55.8 Å². The lowest BCUT2D eigenvalue weighted by Crippen LogP contribution is -2.37. The van der Waals surface area contributed by atoms with Crippen molar-refractivity contribution >= 4 is 12.1 Å². The van der Waals surface area contributed by atoms with Crippen molar-refractivity contribution in [1.82, 2.24) is 10.2 Å². The lowest BCUT2D eigenvalue weighted by atomic mass is 10.2. The molecule has 1 N–H and O–H groups in total. The van der Waals surface area contributed by atoms with Crippen molar-refractivity contribution in [3.05, 3.63) is 67.2 Å². The molecule has 0 unspecified atom stereocenters. The molecule has 0 saturated carbocycles. The molecule has 100 valence electrons. The zero-order chi connectivity index (χ0) is 14.1. The Morgan fingerprint density at radius 1 is 1.26 bits per heavy atom. The predicted molar refractivity (Wildman–Crippen MR) is 75.9 cm³/mol. The molecule has 19 heavy (non-hydrogen) atoms. The average Bonchev–Trinajstić information content (AvgIpc) is 2.40. The van der Waals surface area contributed by atoms with Crippen LogP contribution in [0.1, 0.15) is 5.56 Å². The van der Waals surface area contributed by atoms with E-state index in [1.807, 2.05) is 0 Å². The van der Waals surface area contributed by atoms with Gasteiger partial charge in [-0.15, -0.1) is 13.2 Å². The lowest BCUT2D eigenvalue weighted by molar-refractivity contribution is 0.212. The molecule has 0 aliphatic carbocycles.